The van der Waals surface area contributed by atoms with Crippen LogP contribution in [0.4, 0.5) is 0 Å². The van der Waals surface area contributed by atoms with Crippen molar-refractivity contribution in [3.63, 3.8) is 0 Å². The van der Waals surface area contributed by atoms with E-state index in [2.05, 4.69) is 70.2 Å². The predicted octanol–water partition coefficient (Wildman–Crippen LogP) is 5.55. The van der Waals surface area contributed by atoms with Crippen LogP contribution in [-0.4, -0.2) is 29.0 Å². The highest BCUT2D eigenvalue weighted by Gasteiger charge is 2.18. The zero-order valence-corrected chi connectivity index (χ0v) is 18.0. The van der Waals surface area contributed by atoms with Crippen LogP contribution >= 0.6 is 11.8 Å². The Labute approximate surface area is 180 Å². The van der Waals surface area contributed by atoms with Gasteiger partial charge in [0.15, 0.2) is 22.5 Å². The minimum Gasteiger partial charge on any atom is -0.493 e. The molecule has 0 aliphatic heterocycles. The van der Waals surface area contributed by atoms with Crippen molar-refractivity contribution in [2.75, 3.05) is 14.2 Å². The molecule has 6 heteroatoms. The minimum absolute atomic E-state index is 0.660. The number of methoxy groups -OCH3 is 2. The van der Waals surface area contributed by atoms with Crippen molar-refractivity contribution >= 4 is 11.8 Å². The summed E-state index contributed by atoms with van der Waals surface area (Å²) < 4.78 is 13.0. The van der Waals surface area contributed by atoms with Gasteiger partial charge in [0.2, 0.25) is 0 Å². The average Bonchev–Trinajstić information content (AvgIpc) is 3.22. The molecule has 152 valence electrons. The average molecular weight is 418 g/mol. The lowest BCUT2D eigenvalue weighted by molar-refractivity contribution is 0.355. The normalized spacial score (nSPS) is 10.8. The Kier molecular flexibility index (Phi) is 6.05. The van der Waals surface area contributed by atoms with Crippen molar-refractivity contribution < 1.29 is 9.47 Å². The van der Waals surface area contributed by atoms with E-state index >= 15 is 0 Å². The monoisotopic (exact) mass is 417 g/mol. The van der Waals surface area contributed by atoms with E-state index in [4.69, 9.17) is 9.47 Å². The maximum atomic E-state index is 5.49. The molecule has 0 saturated heterocycles. The van der Waals surface area contributed by atoms with Gasteiger partial charge in [-0.25, -0.2) is 0 Å². The maximum Gasteiger partial charge on any atom is 0.196 e. The number of nitrogens with zero attached hydrogens (tertiary/aromatic N) is 3. The van der Waals surface area contributed by atoms with Gasteiger partial charge in [-0.15, -0.1) is 10.2 Å². The lowest BCUT2D eigenvalue weighted by Crippen LogP contribution is -2.01. The van der Waals surface area contributed by atoms with Gasteiger partial charge in [0, 0.05) is 17.0 Å². The molecule has 0 aliphatic carbocycles. The number of hydrogen-bond acceptors (Lipinski definition) is 5. The van der Waals surface area contributed by atoms with Gasteiger partial charge in [0.25, 0.3) is 0 Å². The second-order valence-electron chi connectivity index (χ2n) is 6.82. The molecule has 0 spiro atoms. The fraction of sp³-hybridized carbons (Fsp3) is 0.167. The van der Waals surface area contributed by atoms with E-state index in [9.17, 15) is 0 Å². The lowest BCUT2D eigenvalue weighted by Gasteiger charge is -2.13. The third kappa shape index (κ3) is 4.19. The number of aryl methyl sites for hydroxylation is 1. The minimum atomic E-state index is 0.660. The van der Waals surface area contributed by atoms with Crippen LogP contribution in [-0.2, 0) is 5.75 Å². The number of aromatic nitrogens is 3. The number of hydrogen-bond donors (Lipinski definition) is 0. The molecule has 3 aromatic carbocycles. The Morgan fingerprint density at radius 1 is 0.833 bits per heavy atom. The van der Waals surface area contributed by atoms with E-state index < -0.39 is 0 Å². The third-order valence-corrected chi connectivity index (χ3v) is 5.75. The molecule has 0 fully saturated rings. The van der Waals surface area contributed by atoms with E-state index in [1.807, 2.05) is 24.3 Å². The molecule has 0 radical (unpaired) electrons. The van der Waals surface area contributed by atoms with Gasteiger partial charge >= 0.3 is 0 Å². The molecule has 0 amide bonds. The first-order chi connectivity index (χ1) is 14.7. The van der Waals surface area contributed by atoms with Gasteiger partial charge in [-0.3, -0.25) is 4.57 Å². The molecule has 4 rings (SSSR count). The van der Waals surface area contributed by atoms with Crippen LogP contribution in [0.2, 0.25) is 0 Å². The highest BCUT2D eigenvalue weighted by atomic mass is 32.2. The van der Waals surface area contributed by atoms with E-state index in [1.165, 1.54) is 11.1 Å². The third-order valence-electron chi connectivity index (χ3n) is 4.75. The molecular formula is C24H23N3O2S. The topological polar surface area (TPSA) is 49.2 Å². The van der Waals surface area contributed by atoms with Crippen LogP contribution in [0.15, 0.2) is 78.0 Å². The molecule has 0 saturated carbocycles. The van der Waals surface area contributed by atoms with Gasteiger partial charge in [-0.05, 0) is 48.4 Å². The maximum absolute atomic E-state index is 5.49. The molecule has 0 N–H and O–H groups in total. The fourth-order valence-corrected chi connectivity index (χ4v) is 4.16. The number of thioether (sulfide) groups is 1. The number of benzene rings is 3. The molecule has 0 aliphatic rings. The first-order valence-electron chi connectivity index (χ1n) is 9.61. The number of ether oxygens (including phenoxy) is 2. The van der Waals surface area contributed by atoms with Gasteiger partial charge in [-0.2, -0.15) is 0 Å². The quantitative estimate of drug-likeness (QED) is 0.369. The second kappa shape index (κ2) is 9.05. The molecule has 1 aromatic heterocycles. The van der Waals surface area contributed by atoms with Gasteiger partial charge in [0.1, 0.15) is 0 Å². The summed E-state index contributed by atoms with van der Waals surface area (Å²) >= 11 is 1.67. The van der Waals surface area contributed by atoms with Gasteiger partial charge in [-0.1, -0.05) is 54.2 Å². The molecular weight excluding hydrogens is 394 g/mol. The Hall–Kier alpha value is -3.25. The highest BCUT2D eigenvalue weighted by Crippen LogP contribution is 2.35. The summed E-state index contributed by atoms with van der Waals surface area (Å²) in [6.45, 7) is 2.08. The summed E-state index contributed by atoms with van der Waals surface area (Å²) in [5.74, 6) is 2.92. The van der Waals surface area contributed by atoms with Crippen molar-refractivity contribution in [1.82, 2.24) is 14.8 Å². The van der Waals surface area contributed by atoms with E-state index in [-0.39, 0.29) is 0 Å². The zero-order chi connectivity index (χ0) is 20.9. The van der Waals surface area contributed by atoms with Crippen molar-refractivity contribution in [3.8, 4) is 28.6 Å². The summed E-state index contributed by atoms with van der Waals surface area (Å²) in [7, 11) is 3.26. The first-order valence-corrected chi connectivity index (χ1v) is 10.6. The van der Waals surface area contributed by atoms with Crippen molar-refractivity contribution in [1.29, 1.82) is 0 Å². The predicted molar refractivity (Wildman–Crippen MR) is 121 cm³/mol. The molecule has 0 bridgehead atoms. The Balaban J connectivity index is 1.78. The summed E-state index contributed by atoms with van der Waals surface area (Å²) in [4.78, 5) is 0. The zero-order valence-electron chi connectivity index (χ0n) is 17.2. The summed E-state index contributed by atoms with van der Waals surface area (Å²) in [5.41, 5.74) is 4.36. The second-order valence-corrected chi connectivity index (χ2v) is 7.77. The molecule has 5 nitrogen and oxygen atoms in total. The van der Waals surface area contributed by atoms with E-state index in [0.29, 0.717) is 11.5 Å². The van der Waals surface area contributed by atoms with Crippen molar-refractivity contribution in [2.45, 2.75) is 17.8 Å². The molecule has 0 unspecified atom stereocenters. The van der Waals surface area contributed by atoms with E-state index in [0.717, 1.165) is 28.0 Å². The number of rotatable bonds is 7. The smallest absolute Gasteiger partial charge is 0.196 e. The highest BCUT2D eigenvalue weighted by molar-refractivity contribution is 7.98. The van der Waals surface area contributed by atoms with Crippen LogP contribution in [0.25, 0.3) is 17.1 Å². The van der Waals surface area contributed by atoms with Gasteiger partial charge < -0.3 is 9.47 Å². The summed E-state index contributed by atoms with van der Waals surface area (Å²) in [6.07, 6.45) is 0. The van der Waals surface area contributed by atoms with Crippen molar-refractivity contribution in [3.05, 3.63) is 83.9 Å². The van der Waals surface area contributed by atoms with Gasteiger partial charge in [0.05, 0.1) is 14.2 Å². The lowest BCUT2D eigenvalue weighted by atomic mass is 10.1. The summed E-state index contributed by atoms with van der Waals surface area (Å²) in [6, 6.07) is 24.5. The van der Waals surface area contributed by atoms with Crippen LogP contribution < -0.4 is 9.47 Å². The van der Waals surface area contributed by atoms with E-state index in [1.54, 1.807) is 26.0 Å². The van der Waals surface area contributed by atoms with Crippen LogP contribution in [0.5, 0.6) is 11.5 Å². The van der Waals surface area contributed by atoms with Crippen molar-refractivity contribution in [2.24, 2.45) is 0 Å². The molecule has 0 atom stereocenters. The molecule has 4 aromatic rings. The standard InChI is InChI=1S/C24H23N3O2S/c1-17-8-7-11-20(14-17)27-23(19-12-13-21(28-2)22(15-19)29-3)25-26-24(27)30-16-18-9-5-4-6-10-18/h4-15H,16H2,1-3H3. The molecule has 30 heavy (non-hydrogen) atoms. The Bertz CT molecular complexity index is 1140. The Morgan fingerprint density at radius 3 is 2.37 bits per heavy atom. The SMILES string of the molecule is COc1ccc(-c2nnc(SCc3ccccc3)n2-c2cccc(C)c2)cc1OC. The fourth-order valence-electron chi connectivity index (χ4n) is 3.25. The van der Waals surface area contributed by atoms with Crippen LogP contribution in [0.3, 0.4) is 0 Å². The first kappa shape index (κ1) is 20.0. The largest absolute Gasteiger partial charge is 0.493 e. The Morgan fingerprint density at radius 2 is 1.63 bits per heavy atom. The van der Waals surface area contributed by atoms with Crippen LogP contribution in [0.1, 0.15) is 11.1 Å². The summed E-state index contributed by atoms with van der Waals surface area (Å²) in [5, 5.41) is 9.89. The van der Waals surface area contributed by atoms with Crippen LogP contribution in [0, 0.1) is 6.92 Å². The molecule has 1 heterocycles.